The van der Waals surface area contributed by atoms with E-state index in [0.29, 0.717) is 18.1 Å². The standard InChI is InChI=1S/C19H24N4O3S/c1-12-5-6-13(2)16(9-12)22-19(24)17-10-18(21-14(3)20-17)23(4)15-7-8-27(25,26)11-15/h5-6,9-10,15H,7-8,11H2,1-4H3,(H,22,24). The van der Waals surface area contributed by atoms with Crippen LogP contribution in [-0.2, 0) is 9.84 Å². The predicted molar refractivity (Wildman–Crippen MR) is 106 cm³/mol. The summed E-state index contributed by atoms with van der Waals surface area (Å²) in [5.41, 5.74) is 3.02. The number of nitrogens with zero attached hydrogens (tertiary/aromatic N) is 3. The largest absolute Gasteiger partial charge is 0.356 e. The summed E-state index contributed by atoms with van der Waals surface area (Å²) >= 11 is 0. The molecule has 1 aliphatic heterocycles. The second-order valence-electron chi connectivity index (χ2n) is 7.10. The molecule has 1 aromatic carbocycles. The third-order valence-electron chi connectivity index (χ3n) is 4.82. The molecule has 2 aromatic rings. The molecular weight excluding hydrogens is 364 g/mol. The van der Waals surface area contributed by atoms with Crippen molar-refractivity contribution in [1.82, 2.24) is 9.97 Å². The Morgan fingerprint density at radius 2 is 1.93 bits per heavy atom. The minimum atomic E-state index is -3.00. The fourth-order valence-corrected chi connectivity index (χ4v) is 4.95. The average Bonchev–Trinajstić information content (AvgIpc) is 2.96. The summed E-state index contributed by atoms with van der Waals surface area (Å²) in [7, 11) is -1.19. The summed E-state index contributed by atoms with van der Waals surface area (Å²) in [5, 5.41) is 2.90. The van der Waals surface area contributed by atoms with Crippen LogP contribution < -0.4 is 10.2 Å². The number of amides is 1. The molecule has 1 saturated heterocycles. The summed E-state index contributed by atoms with van der Waals surface area (Å²) in [4.78, 5) is 23.2. The number of rotatable bonds is 4. The first kappa shape index (κ1) is 19.3. The molecule has 144 valence electrons. The van der Waals surface area contributed by atoms with E-state index in [9.17, 15) is 13.2 Å². The Balaban J connectivity index is 1.84. The van der Waals surface area contributed by atoms with Crippen molar-refractivity contribution in [2.75, 3.05) is 28.8 Å². The van der Waals surface area contributed by atoms with Crippen molar-refractivity contribution < 1.29 is 13.2 Å². The molecule has 3 rings (SSSR count). The lowest BCUT2D eigenvalue weighted by Crippen LogP contribution is -2.33. The predicted octanol–water partition coefficient (Wildman–Crippen LogP) is 2.28. The second kappa shape index (κ2) is 7.26. The number of benzene rings is 1. The maximum atomic E-state index is 12.7. The van der Waals surface area contributed by atoms with E-state index in [1.165, 1.54) is 0 Å². The first-order valence-corrected chi connectivity index (χ1v) is 10.6. The Kier molecular flexibility index (Phi) is 5.19. The van der Waals surface area contributed by atoms with Crippen LogP contribution >= 0.6 is 0 Å². The maximum absolute atomic E-state index is 12.7. The number of sulfone groups is 1. The van der Waals surface area contributed by atoms with E-state index < -0.39 is 9.84 Å². The van der Waals surface area contributed by atoms with Gasteiger partial charge in [-0.3, -0.25) is 4.79 Å². The Morgan fingerprint density at radius 3 is 2.59 bits per heavy atom. The molecule has 8 heteroatoms. The number of nitrogens with one attached hydrogen (secondary N) is 1. The van der Waals surface area contributed by atoms with Crippen molar-refractivity contribution in [2.45, 2.75) is 33.2 Å². The molecular formula is C19H24N4O3S. The molecule has 0 spiro atoms. The van der Waals surface area contributed by atoms with E-state index in [1.54, 1.807) is 20.0 Å². The third-order valence-corrected chi connectivity index (χ3v) is 6.57. The average molecular weight is 388 g/mol. The van der Waals surface area contributed by atoms with Crippen LogP contribution in [0.4, 0.5) is 11.5 Å². The zero-order chi connectivity index (χ0) is 19.8. The van der Waals surface area contributed by atoms with Gasteiger partial charge >= 0.3 is 0 Å². The van der Waals surface area contributed by atoms with Crippen molar-refractivity contribution in [1.29, 1.82) is 0 Å². The van der Waals surface area contributed by atoms with Gasteiger partial charge in [-0.05, 0) is 44.4 Å². The van der Waals surface area contributed by atoms with E-state index in [0.717, 1.165) is 16.8 Å². The van der Waals surface area contributed by atoms with Crippen LogP contribution in [0.2, 0.25) is 0 Å². The van der Waals surface area contributed by atoms with Crippen LogP contribution in [0.25, 0.3) is 0 Å². The summed E-state index contributed by atoms with van der Waals surface area (Å²) in [6, 6.07) is 7.33. The highest BCUT2D eigenvalue weighted by molar-refractivity contribution is 7.91. The fraction of sp³-hybridized carbons (Fsp3) is 0.421. The lowest BCUT2D eigenvalue weighted by atomic mass is 10.1. The van der Waals surface area contributed by atoms with Crippen molar-refractivity contribution >= 4 is 27.2 Å². The number of aromatic nitrogens is 2. The number of hydrogen-bond donors (Lipinski definition) is 1. The van der Waals surface area contributed by atoms with E-state index in [1.807, 2.05) is 36.9 Å². The van der Waals surface area contributed by atoms with Gasteiger partial charge in [-0.25, -0.2) is 18.4 Å². The van der Waals surface area contributed by atoms with Gasteiger partial charge in [0.15, 0.2) is 9.84 Å². The first-order valence-electron chi connectivity index (χ1n) is 8.82. The van der Waals surface area contributed by atoms with E-state index in [4.69, 9.17) is 0 Å². The summed E-state index contributed by atoms with van der Waals surface area (Å²) < 4.78 is 23.5. The number of anilines is 2. The molecule has 1 atom stereocenters. The minimum Gasteiger partial charge on any atom is -0.356 e. The second-order valence-corrected chi connectivity index (χ2v) is 9.33. The van der Waals surface area contributed by atoms with Crippen LogP contribution in [0.1, 0.15) is 33.9 Å². The number of carbonyl (C=O) groups is 1. The van der Waals surface area contributed by atoms with Crippen LogP contribution in [0.3, 0.4) is 0 Å². The zero-order valence-electron chi connectivity index (χ0n) is 16.0. The molecule has 0 saturated carbocycles. The van der Waals surface area contributed by atoms with E-state index >= 15 is 0 Å². The van der Waals surface area contributed by atoms with Gasteiger partial charge < -0.3 is 10.2 Å². The summed E-state index contributed by atoms with van der Waals surface area (Å²) in [6.45, 7) is 5.62. The van der Waals surface area contributed by atoms with E-state index in [-0.39, 0.29) is 29.1 Å². The van der Waals surface area contributed by atoms with E-state index in [2.05, 4.69) is 15.3 Å². The first-order chi connectivity index (χ1) is 12.6. The lowest BCUT2D eigenvalue weighted by molar-refractivity contribution is 0.102. The lowest BCUT2D eigenvalue weighted by Gasteiger charge is -2.25. The van der Waals surface area contributed by atoms with Crippen LogP contribution in [0, 0.1) is 20.8 Å². The smallest absolute Gasteiger partial charge is 0.274 e. The van der Waals surface area contributed by atoms with Crippen LogP contribution in [0.15, 0.2) is 24.3 Å². The number of aryl methyl sites for hydroxylation is 3. The van der Waals surface area contributed by atoms with Crippen molar-refractivity contribution in [2.24, 2.45) is 0 Å². The molecule has 1 N–H and O–H groups in total. The van der Waals surface area contributed by atoms with Gasteiger partial charge in [0.1, 0.15) is 17.3 Å². The van der Waals surface area contributed by atoms with Gasteiger partial charge in [-0.1, -0.05) is 12.1 Å². The monoisotopic (exact) mass is 388 g/mol. The number of hydrogen-bond acceptors (Lipinski definition) is 6. The topological polar surface area (TPSA) is 92.3 Å². The van der Waals surface area contributed by atoms with Crippen molar-refractivity contribution in [3.8, 4) is 0 Å². The van der Waals surface area contributed by atoms with Gasteiger partial charge in [0.2, 0.25) is 0 Å². The Hall–Kier alpha value is -2.48. The van der Waals surface area contributed by atoms with Gasteiger partial charge in [0.05, 0.1) is 11.5 Å². The fourth-order valence-electron chi connectivity index (χ4n) is 3.17. The van der Waals surface area contributed by atoms with Crippen LogP contribution in [-0.4, -0.2) is 48.9 Å². The Morgan fingerprint density at radius 1 is 1.19 bits per heavy atom. The molecule has 0 bridgehead atoms. The van der Waals surface area contributed by atoms with Gasteiger partial charge in [0.25, 0.3) is 5.91 Å². The molecule has 2 heterocycles. The quantitative estimate of drug-likeness (QED) is 0.864. The molecule has 1 fully saturated rings. The van der Waals surface area contributed by atoms with Crippen molar-refractivity contribution in [3.63, 3.8) is 0 Å². The molecule has 1 amide bonds. The Bertz CT molecular complexity index is 988. The molecule has 7 nitrogen and oxygen atoms in total. The zero-order valence-corrected chi connectivity index (χ0v) is 16.8. The third kappa shape index (κ3) is 4.44. The highest BCUT2D eigenvalue weighted by Crippen LogP contribution is 2.23. The normalized spacial score (nSPS) is 18.3. The summed E-state index contributed by atoms with van der Waals surface area (Å²) in [6.07, 6.45) is 0.561. The van der Waals surface area contributed by atoms with Gasteiger partial charge in [-0.2, -0.15) is 0 Å². The molecule has 1 unspecified atom stereocenters. The molecule has 27 heavy (non-hydrogen) atoms. The van der Waals surface area contributed by atoms with Crippen LogP contribution in [0.5, 0.6) is 0 Å². The minimum absolute atomic E-state index is 0.108. The number of carbonyl (C=O) groups excluding carboxylic acids is 1. The highest BCUT2D eigenvalue weighted by Gasteiger charge is 2.31. The molecule has 0 aliphatic carbocycles. The maximum Gasteiger partial charge on any atom is 0.274 e. The Labute approximate surface area is 159 Å². The summed E-state index contributed by atoms with van der Waals surface area (Å²) in [5.74, 6) is 0.993. The van der Waals surface area contributed by atoms with Gasteiger partial charge in [-0.15, -0.1) is 0 Å². The molecule has 1 aromatic heterocycles. The van der Waals surface area contributed by atoms with Gasteiger partial charge in [0, 0.05) is 24.8 Å². The molecule has 0 radical (unpaired) electrons. The van der Waals surface area contributed by atoms with Crippen molar-refractivity contribution in [3.05, 3.63) is 46.9 Å². The highest BCUT2D eigenvalue weighted by atomic mass is 32.2. The molecule has 1 aliphatic rings. The SMILES string of the molecule is Cc1ccc(C)c(NC(=O)c2cc(N(C)C3CCS(=O)(=O)C3)nc(C)n2)c1.